The van der Waals surface area contributed by atoms with Crippen LogP contribution in [-0.4, -0.2) is 11.4 Å². The lowest BCUT2D eigenvalue weighted by atomic mass is 9.43. The van der Waals surface area contributed by atoms with Crippen molar-refractivity contribution >= 4 is 90.0 Å². The zero-order valence-corrected chi connectivity index (χ0v) is 41.4. The number of aromatic nitrogens is 1. The van der Waals surface area contributed by atoms with Gasteiger partial charge in [0.1, 0.15) is 11.2 Å². The molecule has 0 radical (unpaired) electrons. The Hall–Kier alpha value is -8.54. The summed E-state index contributed by atoms with van der Waals surface area (Å²) in [6, 6.07) is 79.6. The second-order valence-electron chi connectivity index (χ2n) is 21.0. The van der Waals surface area contributed by atoms with Gasteiger partial charge in [-0.25, -0.2) is 0 Å². The van der Waals surface area contributed by atoms with Crippen molar-refractivity contribution < 1.29 is 4.42 Å². The van der Waals surface area contributed by atoms with Crippen LogP contribution in [-0.2, 0) is 11.8 Å². The van der Waals surface area contributed by atoms with Crippen LogP contribution in [0.4, 0.5) is 28.4 Å². The van der Waals surface area contributed by atoms with Crippen LogP contribution in [0.1, 0.15) is 56.7 Å². The maximum atomic E-state index is 6.81. The van der Waals surface area contributed by atoms with Gasteiger partial charge in [0.05, 0.1) is 11.0 Å². The topological polar surface area (TPSA) is 24.6 Å². The molecule has 0 N–H and O–H groups in total. The minimum Gasteiger partial charge on any atom is -0.456 e. The van der Waals surface area contributed by atoms with Crippen LogP contribution < -0.4 is 20.6 Å². The Labute approximate surface area is 426 Å². The van der Waals surface area contributed by atoms with Gasteiger partial charge in [-0.1, -0.05) is 155 Å². The molecule has 15 rings (SSSR count). The summed E-state index contributed by atoms with van der Waals surface area (Å²) < 4.78 is 9.42. The fourth-order valence-corrected chi connectivity index (χ4v) is 13.2. The van der Waals surface area contributed by atoms with Gasteiger partial charge in [0.2, 0.25) is 0 Å². The Morgan fingerprint density at radius 1 is 0.507 bits per heavy atom. The largest absolute Gasteiger partial charge is 0.456 e. The van der Waals surface area contributed by atoms with Gasteiger partial charge in [0.15, 0.2) is 0 Å². The quantitative estimate of drug-likeness (QED) is 0.106. The smallest absolute Gasteiger partial charge is 0.333 e. The molecule has 12 aromatic rings. The van der Waals surface area contributed by atoms with Crippen LogP contribution in [0.2, 0.25) is 0 Å². The van der Waals surface area contributed by atoms with E-state index >= 15 is 0 Å². The minimum absolute atomic E-state index is 0.149. The summed E-state index contributed by atoms with van der Waals surface area (Å²) in [6.07, 6.45) is 4.72. The van der Waals surface area contributed by atoms with Crippen molar-refractivity contribution in [2.24, 2.45) is 0 Å². The normalized spacial score (nSPS) is 13.7. The molecule has 0 atom stereocenters. The molecule has 0 spiro atoms. The Balaban J connectivity index is 1.07. The van der Waals surface area contributed by atoms with Crippen molar-refractivity contribution in [1.29, 1.82) is 0 Å². The number of anilines is 5. The molecule has 0 unspecified atom stereocenters. The molecule has 73 heavy (non-hydrogen) atoms. The number of furan rings is 1. The van der Waals surface area contributed by atoms with E-state index in [2.05, 4.69) is 247 Å². The van der Waals surface area contributed by atoms with Crippen LogP contribution in [0.5, 0.6) is 0 Å². The number of unbranched alkanes of at least 4 members (excludes halogenated alkanes) is 2. The highest BCUT2D eigenvalue weighted by atomic mass is 16.3. The fourth-order valence-electron chi connectivity index (χ4n) is 13.2. The molecular formula is C68H52BN3O. The predicted molar refractivity (Wildman–Crippen MR) is 308 cm³/mol. The summed E-state index contributed by atoms with van der Waals surface area (Å²) in [7, 11) is 0. The molecule has 348 valence electrons. The number of nitrogens with zero attached hydrogens (tertiary/aromatic N) is 3. The van der Waals surface area contributed by atoms with E-state index in [1.54, 1.807) is 0 Å². The highest BCUT2D eigenvalue weighted by molar-refractivity contribution is 6.94. The van der Waals surface area contributed by atoms with E-state index in [0.717, 1.165) is 45.4 Å². The lowest BCUT2D eigenvalue weighted by Crippen LogP contribution is -2.60. The lowest BCUT2D eigenvalue weighted by molar-refractivity contribution is 0.660. The lowest BCUT2D eigenvalue weighted by Gasteiger charge is -2.42. The van der Waals surface area contributed by atoms with Gasteiger partial charge in [-0.2, -0.15) is 0 Å². The van der Waals surface area contributed by atoms with Crippen molar-refractivity contribution in [2.45, 2.75) is 51.9 Å². The van der Waals surface area contributed by atoms with Crippen LogP contribution in [0.3, 0.4) is 0 Å². The van der Waals surface area contributed by atoms with E-state index < -0.39 is 0 Å². The van der Waals surface area contributed by atoms with Crippen LogP contribution in [0.15, 0.2) is 217 Å². The van der Waals surface area contributed by atoms with Crippen molar-refractivity contribution in [1.82, 2.24) is 4.57 Å². The molecule has 2 aromatic heterocycles. The molecule has 1 aliphatic carbocycles. The first-order chi connectivity index (χ1) is 35.9. The fraction of sp³-hybridized carbons (Fsp3) is 0.118. The average molecular weight is 938 g/mol. The molecule has 0 bridgehead atoms. The summed E-state index contributed by atoms with van der Waals surface area (Å²) in [5.74, 6) is 0. The van der Waals surface area contributed by atoms with Crippen LogP contribution in [0, 0.1) is 0 Å². The first-order valence-corrected chi connectivity index (χ1v) is 26.2. The third kappa shape index (κ3) is 6.15. The van der Waals surface area contributed by atoms with Gasteiger partial charge < -0.3 is 18.7 Å². The molecule has 10 aromatic carbocycles. The number of fused-ring (bicyclic) bond motifs is 14. The van der Waals surface area contributed by atoms with Crippen molar-refractivity contribution in [2.75, 3.05) is 9.71 Å². The van der Waals surface area contributed by atoms with E-state index in [1.807, 2.05) is 0 Å². The number of benzene rings is 10. The van der Waals surface area contributed by atoms with E-state index in [9.17, 15) is 0 Å². The standard InChI is InChI=1S/C68H52BN3O/c1-4-5-8-19-43-30-33-47(34-31-43)72-61-37-35-48(70(45-20-9-6-10-21-45)46-22-11-7-12-23-46)39-54(61)56-40-53(44-32-36-50-49-24-13-16-27-57(49)68(2,3)58(50)38-44)65-52-26-14-17-28-60(52)71-62-41-55-51-25-15-18-29-63(51)73-64(55)42-59(62)69(72)66(56)67(65)71/h6-7,9-18,20-42H,4-5,8,19H2,1-3H3. The third-order valence-corrected chi connectivity index (χ3v) is 16.6. The molecule has 0 saturated carbocycles. The minimum atomic E-state index is -0.173. The van der Waals surface area contributed by atoms with Crippen LogP contribution in [0.25, 0.3) is 82.8 Å². The second kappa shape index (κ2) is 16.0. The van der Waals surface area contributed by atoms with Crippen molar-refractivity contribution in [3.63, 3.8) is 0 Å². The summed E-state index contributed by atoms with van der Waals surface area (Å²) >= 11 is 0. The molecule has 5 heteroatoms. The molecular weight excluding hydrogens is 886 g/mol. The molecule has 3 aliphatic rings. The summed E-state index contributed by atoms with van der Waals surface area (Å²) in [4.78, 5) is 5.05. The molecule has 4 nitrogen and oxygen atoms in total. The first kappa shape index (κ1) is 42.2. The van der Waals surface area contributed by atoms with Gasteiger partial charge in [0, 0.05) is 66.6 Å². The Kier molecular flexibility index (Phi) is 9.23. The van der Waals surface area contributed by atoms with E-state index in [-0.39, 0.29) is 12.3 Å². The first-order valence-electron chi connectivity index (χ1n) is 26.2. The summed E-state index contributed by atoms with van der Waals surface area (Å²) in [5.41, 5.74) is 25.3. The second-order valence-corrected chi connectivity index (χ2v) is 21.0. The van der Waals surface area contributed by atoms with Crippen molar-refractivity contribution in [3.05, 3.63) is 229 Å². The molecule has 0 fully saturated rings. The maximum absolute atomic E-state index is 6.81. The molecule has 0 saturated heterocycles. The highest BCUT2D eigenvalue weighted by Crippen LogP contribution is 2.53. The van der Waals surface area contributed by atoms with Gasteiger partial charge in [0.25, 0.3) is 0 Å². The Bertz CT molecular complexity index is 4170. The van der Waals surface area contributed by atoms with E-state index in [0.29, 0.717) is 0 Å². The third-order valence-electron chi connectivity index (χ3n) is 16.6. The average Bonchev–Trinajstić information content (AvgIpc) is 4.06. The monoisotopic (exact) mass is 937 g/mol. The van der Waals surface area contributed by atoms with Gasteiger partial charge in [-0.15, -0.1) is 0 Å². The number of para-hydroxylation sites is 4. The number of aryl methyl sites for hydroxylation is 1. The molecule has 2 aliphatic heterocycles. The van der Waals surface area contributed by atoms with Crippen molar-refractivity contribution in [3.8, 4) is 39.1 Å². The Morgan fingerprint density at radius 3 is 2.01 bits per heavy atom. The number of hydrogen-bond acceptors (Lipinski definition) is 3. The zero-order chi connectivity index (χ0) is 48.5. The summed E-state index contributed by atoms with van der Waals surface area (Å²) in [5, 5.41) is 4.81. The van der Waals surface area contributed by atoms with Crippen LogP contribution >= 0.6 is 0 Å². The zero-order valence-electron chi connectivity index (χ0n) is 41.4. The number of hydrogen-bond donors (Lipinski definition) is 0. The van der Waals surface area contributed by atoms with E-state index in [1.165, 1.54) is 119 Å². The molecule has 0 amide bonds. The van der Waals surface area contributed by atoms with Gasteiger partial charge >= 0.3 is 6.85 Å². The Morgan fingerprint density at radius 2 is 1.22 bits per heavy atom. The van der Waals surface area contributed by atoms with Gasteiger partial charge in [-0.3, -0.25) is 0 Å². The maximum Gasteiger partial charge on any atom is 0.333 e. The SMILES string of the molecule is CCCCCc1ccc(N2B3c4cc5oc6ccccc6c5cc4-n4c5ccccc5c5c(-c6ccc7c(c6)C(C)(C)c6ccccc6-7)cc(c3c54)-c3cc(N(c4ccccc4)c4ccccc4)ccc32)cc1. The molecule has 4 heterocycles. The highest BCUT2D eigenvalue weighted by Gasteiger charge is 2.45. The number of rotatable bonds is 9. The summed E-state index contributed by atoms with van der Waals surface area (Å²) in [6.45, 7) is 6.90. The van der Waals surface area contributed by atoms with Gasteiger partial charge in [-0.05, 0) is 159 Å². The van der Waals surface area contributed by atoms with E-state index in [4.69, 9.17) is 4.42 Å². The predicted octanol–water partition coefficient (Wildman–Crippen LogP) is 17.1.